The first-order chi connectivity index (χ1) is 14.6. The van der Waals surface area contributed by atoms with E-state index >= 15 is 0 Å². The highest BCUT2D eigenvalue weighted by atomic mass is 35.5. The first kappa shape index (κ1) is 21.9. The van der Waals surface area contributed by atoms with Crippen LogP contribution in [0.1, 0.15) is 28.1 Å². The Hall–Kier alpha value is -2.35. The van der Waals surface area contributed by atoms with Gasteiger partial charge in [-0.15, -0.1) is 0 Å². The van der Waals surface area contributed by atoms with Gasteiger partial charge >= 0.3 is 0 Å². The standard InChI is InChI=1S/C22H19Cl2NO5S/c1-13-8-20-17(9-18(13)24)19(26)10-21(30-20)22(27)25(16-6-7-31(28,29)12-16)11-14-2-4-15(23)5-3-14/h2-5,8-10,16H,6-7,11-12H2,1H3/t16-/m0/s1. The molecule has 0 unspecified atom stereocenters. The minimum absolute atomic E-state index is 0.0153. The molecule has 31 heavy (non-hydrogen) atoms. The van der Waals surface area contributed by atoms with Crippen molar-refractivity contribution in [3.63, 3.8) is 0 Å². The molecule has 0 aliphatic carbocycles. The van der Waals surface area contributed by atoms with Crippen LogP contribution in [0.25, 0.3) is 11.0 Å². The van der Waals surface area contributed by atoms with Crippen molar-refractivity contribution >= 4 is 49.9 Å². The number of fused-ring (bicyclic) bond motifs is 1. The van der Waals surface area contributed by atoms with Gasteiger partial charge < -0.3 is 9.32 Å². The molecule has 1 fully saturated rings. The molecule has 0 saturated carbocycles. The SMILES string of the molecule is Cc1cc2oc(C(=O)N(Cc3ccc(Cl)cc3)[C@H]3CCS(=O)(=O)C3)cc(=O)c2cc1Cl. The largest absolute Gasteiger partial charge is 0.451 e. The zero-order chi connectivity index (χ0) is 22.3. The van der Waals surface area contributed by atoms with Crippen molar-refractivity contribution < 1.29 is 17.6 Å². The molecule has 3 aromatic rings. The summed E-state index contributed by atoms with van der Waals surface area (Å²) in [4.78, 5) is 27.5. The number of hydrogen-bond acceptors (Lipinski definition) is 5. The Morgan fingerprint density at radius 3 is 2.52 bits per heavy atom. The van der Waals surface area contributed by atoms with Crippen LogP contribution in [0.2, 0.25) is 10.0 Å². The van der Waals surface area contributed by atoms with Gasteiger partial charge in [-0.25, -0.2) is 8.42 Å². The number of aryl methyl sites for hydroxylation is 1. The van der Waals surface area contributed by atoms with Gasteiger partial charge in [0.1, 0.15) is 5.58 Å². The first-order valence-electron chi connectivity index (χ1n) is 9.63. The van der Waals surface area contributed by atoms with Gasteiger partial charge in [0.25, 0.3) is 5.91 Å². The summed E-state index contributed by atoms with van der Waals surface area (Å²) in [5.41, 5.74) is 1.36. The lowest BCUT2D eigenvalue weighted by Crippen LogP contribution is -2.40. The molecule has 1 saturated heterocycles. The number of carbonyl (C=O) groups excluding carboxylic acids is 1. The van der Waals surface area contributed by atoms with Crippen molar-refractivity contribution in [2.24, 2.45) is 0 Å². The van der Waals surface area contributed by atoms with E-state index in [4.69, 9.17) is 27.6 Å². The van der Waals surface area contributed by atoms with Gasteiger partial charge in [-0.2, -0.15) is 0 Å². The molecule has 0 N–H and O–H groups in total. The molecule has 2 heterocycles. The number of rotatable bonds is 4. The molecule has 162 valence electrons. The zero-order valence-corrected chi connectivity index (χ0v) is 18.9. The predicted molar refractivity (Wildman–Crippen MR) is 121 cm³/mol. The maximum atomic E-state index is 13.4. The van der Waals surface area contributed by atoms with Gasteiger partial charge in [0, 0.05) is 28.7 Å². The minimum atomic E-state index is -3.23. The summed E-state index contributed by atoms with van der Waals surface area (Å²) in [6.07, 6.45) is 0.328. The van der Waals surface area contributed by atoms with Gasteiger partial charge in [0.05, 0.1) is 16.9 Å². The van der Waals surface area contributed by atoms with Gasteiger partial charge in [0.2, 0.25) is 0 Å². The molecule has 1 aliphatic rings. The maximum absolute atomic E-state index is 13.4. The predicted octanol–water partition coefficient (Wildman–Crippen LogP) is 4.24. The van der Waals surface area contributed by atoms with Gasteiger partial charge in [-0.3, -0.25) is 9.59 Å². The summed E-state index contributed by atoms with van der Waals surface area (Å²) in [5.74, 6) is -0.790. The number of carbonyl (C=O) groups is 1. The van der Waals surface area contributed by atoms with Crippen LogP contribution in [0.3, 0.4) is 0 Å². The fourth-order valence-electron chi connectivity index (χ4n) is 3.70. The van der Waals surface area contributed by atoms with Crippen LogP contribution in [-0.4, -0.2) is 36.8 Å². The van der Waals surface area contributed by atoms with E-state index in [-0.39, 0.29) is 34.8 Å². The van der Waals surface area contributed by atoms with E-state index in [0.717, 1.165) is 11.6 Å². The van der Waals surface area contributed by atoms with E-state index < -0.39 is 27.2 Å². The molecule has 0 bridgehead atoms. The van der Waals surface area contributed by atoms with Crippen LogP contribution in [0.15, 0.2) is 51.7 Å². The Balaban J connectivity index is 1.75. The van der Waals surface area contributed by atoms with Crippen molar-refractivity contribution in [1.82, 2.24) is 4.90 Å². The lowest BCUT2D eigenvalue weighted by Gasteiger charge is -2.28. The van der Waals surface area contributed by atoms with E-state index in [9.17, 15) is 18.0 Å². The van der Waals surface area contributed by atoms with Crippen molar-refractivity contribution in [1.29, 1.82) is 0 Å². The van der Waals surface area contributed by atoms with Crippen LogP contribution in [-0.2, 0) is 16.4 Å². The molecule has 0 radical (unpaired) electrons. The molecule has 6 nitrogen and oxygen atoms in total. The van der Waals surface area contributed by atoms with E-state index in [1.54, 1.807) is 37.3 Å². The molecular weight excluding hydrogens is 461 g/mol. The van der Waals surface area contributed by atoms with E-state index in [1.807, 2.05) is 0 Å². The number of benzene rings is 2. The van der Waals surface area contributed by atoms with Crippen LogP contribution in [0.5, 0.6) is 0 Å². The smallest absolute Gasteiger partial charge is 0.290 e. The molecule has 1 aromatic heterocycles. The quantitative estimate of drug-likeness (QED) is 0.558. The van der Waals surface area contributed by atoms with E-state index in [1.165, 1.54) is 11.0 Å². The van der Waals surface area contributed by atoms with Crippen LogP contribution < -0.4 is 5.43 Å². The zero-order valence-electron chi connectivity index (χ0n) is 16.6. The van der Waals surface area contributed by atoms with Crippen LogP contribution in [0, 0.1) is 6.92 Å². The average molecular weight is 480 g/mol. The number of hydrogen-bond donors (Lipinski definition) is 0. The third-order valence-corrected chi connectivity index (χ3v) is 7.80. The van der Waals surface area contributed by atoms with Crippen molar-refractivity contribution in [3.8, 4) is 0 Å². The molecule has 0 spiro atoms. The lowest BCUT2D eigenvalue weighted by atomic mass is 10.1. The van der Waals surface area contributed by atoms with E-state index in [2.05, 4.69) is 0 Å². The molecule has 2 aromatic carbocycles. The minimum Gasteiger partial charge on any atom is -0.451 e. The van der Waals surface area contributed by atoms with Crippen molar-refractivity contribution in [2.45, 2.75) is 25.9 Å². The fourth-order valence-corrected chi connectivity index (χ4v) is 5.72. The summed E-state index contributed by atoms with van der Waals surface area (Å²) in [5, 5.41) is 1.26. The molecular formula is C22H19Cl2NO5S. The summed E-state index contributed by atoms with van der Waals surface area (Å²) < 4.78 is 29.9. The molecule has 1 aliphatic heterocycles. The molecule has 1 amide bonds. The second-order valence-corrected chi connectivity index (χ2v) is 10.8. The van der Waals surface area contributed by atoms with Crippen molar-refractivity contribution in [2.75, 3.05) is 11.5 Å². The Morgan fingerprint density at radius 1 is 1.16 bits per heavy atom. The Morgan fingerprint density at radius 2 is 1.87 bits per heavy atom. The second-order valence-electron chi connectivity index (χ2n) is 7.69. The third-order valence-electron chi connectivity index (χ3n) is 5.40. The normalized spacial score (nSPS) is 17.7. The summed E-state index contributed by atoms with van der Waals surface area (Å²) >= 11 is 12.1. The molecule has 4 rings (SSSR count). The average Bonchev–Trinajstić information content (AvgIpc) is 3.08. The number of amides is 1. The highest BCUT2D eigenvalue weighted by molar-refractivity contribution is 7.91. The number of halogens is 2. The Bertz CT molecular complexity index is 1330. The summed E-state index contributed by atoms with van der Waals surface area (Å²) in [6.45, 7) is 1.93. The monoisotopic (exact) mass is 479 g/mol. The third kappa shape index (κ3) is 4.63. The van der Waals surface area contributed by atoms with Crippen molar-refractivity contribution in [3.05, 3.63) is 79.6 Å². The van der Waals surface area contributed by atoms with Gasteiger partial charge in [0.15, 0.2) is 21.0 Å². The Kier molecular flexibility index (Phi) is 5.85. The van der Waals surface area contributed by atoms with Crippen LogP contribution in [0.4, 0.5) is 0 Å². The fraction of sp³-hybridized carbons (Fsp3) is 0.273. The second kappa shape index (κ2) is 8.30. The maximum Gasteiger partial charge on any atom is 0.290 e. The van der Waals surface area contributed by atoms with Gasteiger partial charge in [-0.05, 0) is 48.7 Å². The summed E-state index contributed by atoms with van der Waals surface area (Å²) in [7, 11) is -3.23. The van der Waals surface area contributed by atoms with Crippen LogP contribution >= 0.6 is 23.2 Å². The number of nitrogens with zero attached hydrogens (tertiary/aromatic N) is 1. The molecule has 1 atom stereocenters. The summed E-state index contributed by atoms with van der Waals surface area (Å²) in [6, 6.07) is 10.7. The Labute approximate surface area is 189 Å². The topological polar surface area (TPSA) is 84.7 Å². The van der Waals surface area contributed by atoms with E-state index in [0.29, 0.717) is 22.0 Å². The van der Waals surface area contributed by atoms with Gasteiger partial charge in [-0.1, -0.05) is 35.3 Å². The number of sulfone groups is 1. The highest BCUT2D eigenvalue weighted by Crippen LogP contribution is 2.26. The molecule has 9 heteroatoms. The lowest BCUT2D eigenvalue weighted by molar-refractivity contribution is 0.0648. The highest BCUT2D eigenvalue weighted by Gasteiger charge is 2.36. The first-order valence-corrected chi connectivity index (χ1v) is 12.2.